The van der Waals surface area contributed by atoms with Gasteiger partial charge >= 0.3 is 0 Å². The van der Waals surface area contributed by atoms with Crippen LogP contribution in [-0.2, 0) is 4.74 Å². The molecule has 0 amide bonds. The van der Waals surface area contributed by atoms with Gasteiger partial charge < -0.3 is 4.74 Å². The fourth-order valence-corrected chi connectivity index (χ4v) is 0.324. The zero-order valence-corrected chi connectivity index (χ0v) is 5.49. The first-order chi connectivity index (χ1) is 3.66. The Bertz CT molecular complexity index is 82.5. The Morgan fingerprint density at radius 2 is 2.25 bits per heavy atom. The van der Waals surface area contributed by atoms with Gasteiger partial charge in [-0.1, -0.05) is 0 Å². The lowest BCUT2D eigenvalue weighted by Gasteiger charge is -2.10. The molecule has 0 spiro atoms. The third-order valence-electron chi connectivity index (χ3n) is 0.760. The van der Waals surface area contributed by atoms with Crippen LogP contribution in [0.5, 0.6) is 0 Å². The van der Waals surface area contributed by atoms with Crippen LogP contribution in [-0.4, -0.2) is 19.2 Å². The van der Waals surface area contributed by atoms with Crippen LogP contribution in [0.3, 0.4) is 0 Å². The van der Waals surface area contributed by atoms with Gasteiger partial charge in [0.25, 0.3) is 0 Å². The SMILES string of the molecule is CNC(C)OC(C)=N. The second kappa shape index (κ2) is 3.43. The second-order valence-corrected chi connectivity index (χ2v) is 1.60. The van der Waals surface area contributed by atoms with E-state index in [-0.39, 0.29) is 12.1 Å². The van der Waals surface area contributed by atoms with Gasteiger partial charge in [-0.05, 0) is 14.0 Å². The third kappa shape index (κ3) is 3.61. The summed E-state index contributed by atoms with van der Waals surface area (Å²) in [5.41, 5.74) is 0. The van der Waals surface area contributed by atoms with Crippen molar-refractivity contribution >= 4 is 5.90 Å². The minimum atomic E-state index is -0.0486. The van der Waals surface area contributed by atoms with Crippen molar-refractivity contribution in [1.29, 1.82) is 5.41 Å². The monoisotopic (exact) mass is 116 g/mol. The topological polar surface area (TPSA) is 45.1 Å². The van der Waals surface area contributed by atoms with Gasteiger partial charge in [0.2, 0.25) is 0 Å². The van der Waals surface area contributed by atoms with E-state index in [1.807, 2.05) is 6.92 Å². The normalized spacial score (nSPS) is 12.9. The first-order valence-corrected chi connectivity index (χ1v) is 2.56. The highest BCUT2D eigenvalue weighted by Crippen LogP contribution is 1.82. The largest absolute Gasteiger partial charge is 0.463 e. The molecule has 0 aromatic rings. The molecule has 0 rings (SSSR count). The molecule has 48 valence electrons. The van der Waals surface area contributed by atoms with Crippen LogP contribution in [0.2, 0.25) is 0 Å². The summed E-state index contributed by atoms with van der Waals surface area (Å²) in [5, 5.41) is 9.70. The molecule has 8 heavy (non-hydrogen) atoms. The number of hydrogen-bond donors (Lipinski definition) is 2. The van der Waals surface area contributed by atoms with Gasteiger partial charge in [0, 0.05) is 6.92 Å². The van der Waals surface area contributed by atoms with Gasteiger partial charge in [-0.2, -0.15) is 0 Å². The molecule has 3 heteroatoms. The highest BCUT2D eigenvalue weighted by molar-refractivity contribution is 5.69. The summed E-state index contributed by atoms with van der Waals surface area (Å²) in [6.07, 6.45) is -0.0486. The van der Waals surface area contributed by atoms with Gasteiger partial charge in [-0.15, -0.1) is 0 Å². The van der Waals surface area contributed by atoms with Crippen molar-refractivity contribution in [2.24, 2.45) is 0 Å². The molecular weight excluding hydrogens is 104 g/mol. The third-order valence-corrected chi connectivity index (χ3v) is 0.760. The predicted molar refractivity (Wildman–Crippen MR) is 33.0 cm³/mol. The van der Waals surface area contributed by atoms with Crippen LogP contribution in [0.4, 0.5) is 0 Å². The summed E-state index contributed by atoms with van der Waals surface area (Å²) in [6, 6.07) is 0. The highest BCUT2D eigenvalue weighted by Gasteiger charge is 1.95. The summed E-state index contributed by atoms with van der Waals surface area (Å²) in [7, 11) is 1.79. The lowest BCUT2D eigenvalue weighted by atomic mass is 10.6. The molecule has 0 radical (unpaired) electrons. The Morgan fingerprint density at radius 1 is 1.75 bits per heavy atom. The molecular formula is C5H12N2O. The molecule has 0 heterocycles. The number of hydrogen-bond acceptors (Lipinski definition) is 3. The fourth-order valence-electron chi connectivity index (χ4n) is 0.324. The number of rotatable bonds is 2. The molecule has 3 nitrogen and oxygen atoms in total. The van der Waals surface area contributed by atoms with E-state index >= 15 is 0 Å². The molecule has 0 aromatic carbocycles. The summed E-state index contributed by atoms with van der Waals surface area (Å²) in [4.78, 5) is 0. The smallest absolute Gasteiger partial charge is 0.179 e. The van der Waals surface area contributed by atoms with Gasteiger partial charge in [0.15, 0.2) is 5.90 Å². The summed E-state index contributed by atoms with van der Waals surface area (Å²) in [5.74, 6) is 0.242. The molecule has 2 N–H and O–H groups in total. The molecule has 0 fully saturated rings. The van der Waals surface area contributed by atoms with Crippen molar-refractivity contribution in [2.45, 2.75) is 20.1 Å². The van der Waals surface area contributed by atoms with Crippen molar-refractivity contribution in [2.75, 3.05) is 7.05 Å². The van der Waals surface area contributed by atoms with Crippen LogP contribution < -0.4 is 5.32 Å². The molecule has 0 bridgehead atoms. The lowest BCUT2D eigenvalue weighted by Crippen LogP contribution is -2.26. The van der Waals surface area contributed by atoms with Crippen molar-refractivity contribution in [3.63, 3.8) is 0 Å². The van der Waals surface area contributed by atoms with Gasteiger partial charge in [-0.3, -0.25) is 10.7 Å². The highest BCUT2D eigenvalue weighted by atomic mass is 16.5. The van der Waals surface area contributed by atoms with Gasteiger partial charge in [0.1, 0.15) is 6.23 Å². The Morgan fingerprint density at radius 3 is 2.38 bits per heavy atom. The van der Waals surface area contributed by atoms with Crippen LogP contribution in [0, 0.1) is 5.41 Å². The quantitative estimate of drug-likeness (QED) is 0.314. The van der Waals surface area contributed by atoms with Crippen molar-refractivity contribution < 1.29 is 4.74 Å². The van der Waals surface area contributed by atoms with Crippen molar-refractivity contribution in [3.8, 4) is 0 Å². The fraction of sp³-hybridized carbons (Fsp3) is 0.800. The Kier molecular flexibility index (Phi) is 3.19. The molecule has 1 atom stereocenters. The van der Waals surface area contributed by atoms with Crippen molar-refractivity contribution in [1.82, 2.24) is 5.32 Å². The lowest BCUT2D eigenvalue weighted by molar-refractivity contribution is 0.177. The van der Waals surface area contributed by atoms with Crippen LogP contribution >= 0.6 is 0 Å². The zero-order valence-electron chi connectivity index (χ0n) is 5.49. The van der Waals surface area contributed by atoms with E-state index in [1.54, 1.807) is 14.0 Å². The standard InChI is InChI=1S/C5H12N2O/c1-4(6)8-5(2)7-3/h5-7H,1-3H3. The maximum absolute atomic E-state index is 6.87. The molecule has 0 aliphatic heterocycles. The number of nitrogens with one attached hydrogen (secondary N) is 2. The Balaban J connectivity index is 3.24. The average Bonchev–Trinajstić information content (AvgIpc) is 1.65. The van der Waals surface area contributed by atoms with E-state index in [4.69, 9.17) is 10.1 Å². The second-order valence-electron chi connectivity index (χ2n) is 1.60. The molecule has 0 saturated heterocycles. The van der Waals surface area contributed by atoms with E-state index in [0.717, 1.165) is 0 Å². The van der Waals surface area contributed by atoms with E-state index in [1.165, 1.54) is 0 Å². The molecule has 1 unspecified atom stereocenters. The van der Waals surface area contributed by atoms with Crippen LogP contribution in [0.1, 0.15) is 13.8 Å². The average molecular weight is 116 g/mol. The van der Waals surface area contributed by atoms with E-state index < -0.39 is 0 Å². The first-order valence-electron chi connectivity index (χ1n) is 2.56. The maximum Gasteiger partial charge on any atom is 0.179 e. The molecule has 0 aliphatic carbocycles. The van der Waals surface area contributed by atoms with Gasteiger partial charge in [-0.25, -0.2) is 0 Å². The van der Waals surface area contributed by atoms with E-state index in [9.17, 15) is 0 Å². The van der Waals surface area contributed by atoms with Gasteiger partial charge in [0.05, 0.1) is 0 Å². The first kappa shape index (κ1) is 7.43. The summed E-state index contributed by atoms with van der Waals surface area (Å²) >= 11 is 0. The summed E-state index contributed by atoms with van der Waals surface area (Å²) < 4.78 is 4.87. The molecule has 0 saturated carbocycles. The predicted octanol–water partition coefficient (Wildman–Crippen LogP) is 0.566. The van der Waals surface area contributed by atoms with Crippen molar-refractivity contribution in [3.05, 3.63) is 0 Å². The minimum Gasteiger partial charge on any atom is -0.463 e. The van der Waals surface area contributed by atoms with E-state index in [0.29, 0.717) is 0 Å². The Hall–Kier alpha value is -0.570. The van der Waals surface area contributed by atoms with Crippen LogP contribution in [0.15, 0.2) is 0 Å². The molecule has 0 aromatic heterocycles. The zero-order chi connectivity index (χ0) is 6.57. The molecule has 0 aliphatic rings. The van der Waals surface area contributed by atoms with Crippen LogP contribution in [0.25, 0.3) is 0 Å². The van der Waals surface area contributed by atoms with E-state index in [2.05, 4.69) is 5.32 Å². The number of ether oxygens (including phenoxy) is 1. The maximum atomic E-state index is 6.87. The minimum absolute atomic E-state index is 0.0486. The Labute approximate surface area is 49.5 Å². The summed E-state index contributed by atoms with van der Waals surface area (Å²) in [6.45, 7) is 3.45.